The number of hydrogen-bond donors (Lipinski definition) is 1. The molecule has 0 spiro atoms. The fourth-order valence-corrected chi connectivity index (χ4v) is 3.22. The molecule has 1 fully saturated rings. The van der Waals surface area contributed by atoms with E-state index in [1.807, 2.05) is 0 Å². The Kier molecular flexibility index (Phi) is 6.28. The van der Waals surface area contributed by atoms with Crippen molar-refractivity contribution in [1.82, 2.24) is 10.3 Å². The van der Waals surface area contributed by atoms with Gasteiger partial charge in [0.2, 0.25) is 0 Å². The zero-order valence-corrected chi connectivity index (χ0v) is 13.0. The number of ether oxygens (including phenoxy) is 1. The molecule has 0 bridgehead atoms. The Morgan fingerprint density at radius 1 is 1.42 bits per heavy atom. The average Bonchev–Trinajstić information content (AvgIpc) is 3.00. The lowest BCUT2D eigenvalue weighted by Crippen LogP contribution is -2.18. The second-order valence-electron chi connectivity index (χ2n) is 5.92. The summed E-state index contributed by atoms with van der Waals surface area (Å²) in [6, 6.07) is 0. The average molecular weight is 282 g/mol. The molecule has 1 aliphatic carbocycles. The van der Waals surface area contributed by atoms with Crippen molar-refractivity contribution in [3.8, 4) is 0 Å². The maximum atomic E-state index is 5.78. The third-order valence-electron chi connectivity index (χ3n) is 3.51. The molecule has 1 aromatic heterocycles. The molecule has 3 nitrogen and oxygen atoms in total. The summed E-state index contributed by atoms with van der Waals surface area (Å²) in [5, 5.41) is 6.72. The van der Waals surface area contributed by atoms with Gasteiger partial charge >= 0.3 is 0 Å². The minimum atomic E-state index is 0.678. The monoisotopic (exact) mass is 282 g/mol. The van der Waals surface area contributed by atoms with Crippen molar-refractivity contribution in [3.05, 3.63) is 16.1 Å². The second kappa shape index (κ2) is 7.98. The van der Waals surface area contributed by atoms with E-state index in [1.54, 1.807) is 11.3 Å². The van der Waals surface area contributed by atoms with E-state index in [2.05, 4.69) is 29.5 Å². The van der Waals surface area contributed by atoms with Crippen LogP contribution in [0.5, 0.6) is 0 Å². The Balaban J connectivity index is 1.62. The van der Waals surface area contributed by atoms with E-state index >= 15 is 0 Å². The number of nitrogens with one attached hydrogen (secondary N) is 1. The molecule has 1 aromatic rings. The fraction of sp³-hybridized carbons (Fsp3) is 0.800. The lowest BCUT2D eigenvalue weighted by Gasteiger charge is -2.08. The van der Waals surface area contributed by atoms with Crippen molar-refractivity contribution in [2.24, 2.45) is 11.8 Å². The largest absolute Gasteiger partial charge is 0.375 e. The summed E-state index contributed by atoms with van der Waals surface area (Å²) in [4.78, 5) is 4.60. The number of thiazole rings is 1. The van der Waals surface area contributed by atoms with Gasteiger partial charge in [0, 0.05) is 18.5 Å². The smallest absolute Gasteiger partial charge is 0.107 e. The third-order valence-corrected chi connectivity index (χ3v) is 4.40. The van der Waals surface area contributed by atoms with Crippen LogP contribution in [-0.4, -0.2) is 18.1 Å². The predicted octanol–water partition coefficient (Wildman–Crippen LogP) is 3.60. The molecule has 4 heteroatoms. The molecule has 0 aliphatic heterocycles. The molecule has 0 atom stereocenters. The Bertz CT molecular complexity index is 359. The number of hydrogen-bond acceptors (Lipinski definition) is 4. The predicted molar refractivity (Wildman–Crippen MR) is 80.3 cm³/mol. The lowest BCUT2D eigenvalue weighted by atomic mass is 10.1. The van der Waals surface area contributed by atoms with Gasteiger partial charge in [0.1, 0.15) is 5.01 Å². The SMILES string of the molecule is CC(C)CNCc1nc(COCC2CCCC2)cs1. The van der Waals surface area contributed by atoms with Crippen LogP contribution in [0.4, 0.5) is 0 Å². The first-order valence-electron chi connectivity index (χ1n) is 7.45. The maximum absolute atomic E-state index is 5.78. The summed E-state index contributed by atoms with van der Waals surface area (Å²) in [5.74, 6) is 1.49. The van der Waals surface area contributed by atoms with Crippen molar-refractivity contribution in [2.45, 2.75) is 52.7 Å². The van der Waals surface area contributed by atoms with Crippen molar-refractivity contribution in [2.75, 3.05) is 13.2 Å². The molecule has 1 N–H and O–H groups in total. The fourth-order valence-electron chi connectivity index (χ4n) is 2.47. The van der Waals surface area contributed by atoms with Crippen LogP contribution >= 0.6 is 11.3 Å². The van der Waals surface area contributed by atoms with Gasteiger partial charge in [-0.3, -0.25) is 0 Å². The van der Waals surface area contributed by atoms with Crippen molar-refractivity contribution in [3.63, 3.8) is 0 Å². The van der Waals surface area contributed by atoms with Gasteiger partial charge in [-0.2, -0.15) is 0 Å². The van der Waals surface area contributed by atoms with Gasteiger partial charge in [-0.05, 0) is 31.2 Å². The van der Waals surface area contributed by atoms with Crippen molar-refractivity contribution < 1.29 is 4.74 Å². The summed E-state index contributed by atoms with van der Waals surface area (Å²) in [6.07, 6.45) is 5.47. The van der Waals surface area contributed by atoms with Gasteiger partial charge in [0.05, 0.1) is 12.3 Å². The Labute approximate surface area is 120 Å². The summed E-state index contributed by atoms with van der Waals surface area (Å²) < 4.78 is 5.78. The van der Waals surface area contributed by atoms with Crippen LogP contribution in [0.3, 0.4) is 0 Å². The van der Waals surface area contributed by atoms with Crippen LogP contribution in [0.15, 0.2) is 5.38 Å². The van der Waals surface area contributed by atoms with Gasteiger partial charge < -0.3 is 10.1 Å². The second-order valence-corrected chi connectivity index (χ2v) is 6.87. The summed E-state index contributed by atoms with van der Waals surface area (Å²) in [6.45, 7) is 7.96. The first kappa shape index (κ1) is 14.9. The van der Waals surface area contributed by atoms with E-state index < -0.39 is 0 Å². The Morgan fingerprint density at radius 2 is 2.21 bits per heavy atom. The van der Waals surface area contributed by atoms with E-state index in [1.165, 1.54) is 30.7 Å². The van der Waals surface area contributed by atoms with E-state index in [0.717, 1.165) is 31.3 Å². The minimum Gasteiger partial charge on any atom is -0.375 e. The van der Waals surface area contributed by atoms with E-state index in [4.69, 9.17) is 4.74 Å². The highest BCUT2D eigenvalue weighted by atomic mass is 32.1. The standard InChI is InChI=1S/C15H26N2OS/c1-12(2)7-16-8-15-17-14(11-19-15)10-18-9-13-5-3-4-6-13/h11-13,16H,3-10H2,1-2H3. The number of nitrogens with zero attached hydrogens (tertiary/aromatic N) is 1. The van der Waals surface area contributed by atoms with Crippen LogP contribution in [0.25, 0.3) is 0 Å². The minimum absolute atomic E-state index is 0.678. The van der Waals surface area contributed by atoms with E-state index in [0.29, 0.717) is 12.5 Å². The van der Waals surface area contributed by atoms with Crippen LogP contribution in [0, 0.1) is 11.8 Å². The van der Waals surface area contributed by atoms with Crippen molar-refractivity contribution >= 4 is 11.3 Å². The summed E-state index contributed by atoms with van der Waals surface area (Å²) in [5.41, 5.74) is 1.09. The first-order chi connectivity index (χ1) is 9.24. The van der Waals surface area contributed by atoms with Gasteiger partial charge in [-0.15, -0.1) is 11.3 Å². The zero-order valence-electron chi connectivity index (χ0n) is 12.2. The number of aromatic nitrogens is 1. The molecular weight excluding hydrogens is 256 g/mol. The molecular formula is C15H26N2OS. The van der Waals surface area contributed by atoms with E-state index in [9.17, 15) is 0 Å². The van der Waals surface area contributed by atoms with Gasteiger partial charge in [0.15, 0.2) is 0 Å². The molecule has 108 valence electrons. The topological polar surface area (TPSA) is 34.2 Å². The van der Waals surface area contributed by atoms with Crippen molar-refractivity contribution in [1.29, 1.82) is 0 Å². The number of rotatable bonds is 8. The molecule has 0 amide bonds. The van der Waals surface area contributed by atoms with Gasteiger partial charge in [-0.1, -0.05) is 26.7 Å². The highest BCUT2D eigenvalue weighted by molar-refractivity contribution is 7.09. The highest BCUT2D eigenvalue weighted by Crippen LogP contribution is 2.25. The molecule has 0 aromatic carbocycles. The van der Waals surface area contributed by atoms with Crippen LogP contribution < -0.4 is 5.32 Å². The van der Waals surface area contributed by atoms with Crippen LogP contribution in [-0.2, 0) is 17.9 Å². The first-order valence-corrected chi connectivity index (χ1v) is 8.33. The molecule has 0 saturated heterocycles. The Morgan fingerprint density at radius 3 is 2.95 bits per heavy atom. The van der Waals surface area contributed by atoms with E-state index in [-0.39, 0.29) is 0 Å². The molecule has 1 heterocycles. The normalized spacial score (nSPS) is 16.6. The summed E-state index contributed by atoms with van der Waals surface area (Å²) >= 11 is 1.73. The molecule has 2 rings (SSSR count). The van der Waals surface area contributed by atoms with Crippen LogP contribution in [0.1, 0.15) is 50.2 Å². The Hall–Kier alpha value is -0.450. The third kappa shape index (κ3) is 5.59. The van der Waals surface area contributed by atoms with Gasteiger partial charge in [-0.25, -0.2) is 4.98 Å². The van der Waals surface area contributed by atoms with Crippen LogP contribution in [0.2, 0.25) is 0 Å². The molecule has 1 saturated carbocycles. The zero-order chi connectivity index (χ0) is 13.5. The highest BCUT2D eigenvalue weighted by Gasteiger charge is 2.15. The molecule has 19 heavy (non-hydrogen) atoms. The van der Waals surface area contributed by atoms with Gasteiger partial charge in [0.25, 0.3) is 0 Å². The maximum Gasteiger partial charge on any atom is 0.107 e. The lowest BCUT2D eigenvalue weighted by molar-refractivity contribution is 0.0869. The summed E-state index contributed by atoms with van der Waals surface area (Å²) in [7, 11) is 0. The quantitative estimate of drug-likeness (QED) is 0.791. The molecule has 1 aliphatic rings. The molecule has 0 unspecified atom stereocenters. The molecule has 0 radical (unpaired) electrons.